The maximum atomic E-state index is 13.0. The van der Waals surface area contributed by atoms with Crippen LogP contribution in [0.25, 0.3) is 0 Å². The van der Waals surface area contributed by atoms with Gasteiger partial charge >= 0.3 is 0 Å². The Bertz CT molecular complexity index is 354. The Morgan fingerprint density at radius 3 is 2.77 bits per heavy atom. The Kier molecular flexibility index (Phi) is 3.27. The maximum Gasteiger partial charge on any atom is 0.181 e. The number of alkyl halides is 1. The summed E-state index contributed by atoms with van der Waals surface area (Å²) in [4.78, 5) is 11.0. The molecule has 0 aliphatic rings. The number of carbonyl (C=O) groups excluding carboxylic acids is 1. The Balaban J connectivity index is 3.26. The number of carbonyl (C=O) groups is 1. The van der Waals surface area contributed by atoms with E-state index in [4.69, 9.17) is 11.6 Å². The number of ketones is 1. The van der Waals surface area contributed by atoms with Gasteiger partial charge in [-0.1, -0.05) is 0 Å². The highest BCUT2D eigenvalue weighted by Gasteiger charge is 2.15. The molecule has 0 amide bonds. The molecule has 1 aromatic carbocycles. The van der Waals surface area contributed by atoms with E-state index in [1.54, 1.807) is 0 Å². The molecule has 0 heterocycles. The number of rotatable bonds is 2. The molecular formula is C8H5BrClFO2. The molecule has 0 bridgehead atoms. The van der Waals surface area contributed by atoms with Crippen LogP contribution in [0.4, 0.5) is 4.39 Å². The summed E-state index contributed by atoms with van der Waals surface area (Å²) >= 11 is 8.13. The van der Waals surface area contributed by atoms with Gasteiger partial charge in [-0.2, -0.15) is 0 Å². The molecule has 0 unspecified atom stereocenters. The smallest absolute Gasteiger partial charge is 0.181 e. The molecule has 1 aromatic rings. The second kappa shape index (κ2) is 4.07. The number of hydrogen-bond donors (Lipinski definition) is 1. The van der Waals surface area contributed by atoms with Gasteiger partial charge in [0.05, 0.1) is 15.9 Å². The molecule has 1 rings (SSSR count). The van der Waals surface area contributed by atoms with Gasteiger partial charge in [-0.3, -0.25) is 4.79 Å². The van der Waals surface area contributed by atoms with Crippen molar-refractivity contribution in [1.29, 1.82) is 0 Å². The summed E-state index contributed by atoms with van der Waals surface area (Å²) in [5, 5.41) is 9.20. The number of aromatic hydroxyl groups is 1. The summed E-state index contributed by atoms with van der Waals surface area (Å²) < 4.78 is 13.1. The number of benzene rings is 1. The first-order chi connectivity index (χ1) is 6.07. The predicted octanol–water partition coefficient (Wildman–Crippen LogP) is 2.72. The fraction of sp³-hybridized carbons (Fsp3) is 0.125. The molecule has 0 spiro atoms. The fourth-order valence-corrected chi connectivity index (χ4v) is 1.30. The average molecular weight is 267 g/mol. The standard InChI is InChI=1S/C8H5BrClFO2/c9-5-2-1-4(6(12)3-10)8(13)7(5)11/h1-2,13H,3H2. The van der Waals surface area contributed by atoms with Crippen LogP contribution in [0.5, 0.6) is 5.75 Å². The molecule has 0 aliphatic heterocycles. The van der Waals surface area contributed by atoms with Crippen LogP contribution in [0.15, 0.2) is 16.6 Å². The zero-order valence-corrected chi connectivity index (χ0v) is 8.69. The van der Waals surface area contributed by atoms with Crippen molar-refractivity contribution in [2.45, 2.75) is 0 Å². The van der Waals surface area contributed by atoms with E-state index in [0.717, 1.165) is 0 Å². The zero-order chi connectivity index (χ0) is 10.0. The topological polar surface area (TPSA) is 37.3 Å². The van der Waals surface area contributed by atoms with Crippen molar-refractivity contribution in [3.63, 3.8) is 0 Å². The van der Waals surface area contributed by atoms with Crippen LogP contribution in [0.1, 0.15) is 10.4 Å². The van der Waals surface area contributed by atoms with Crippen molar-refractivity contribution in [3.8, 4) is 5.75 Å². The van der Waals surface area contributed by atoms with Crippen LogP contribution in [-0.2, 0) is 0 Å². The minimum absolute atomic E-state index is 0.101. The van der Waals surface area contributed by atoms with Gasteiger partial charge < -0.3 is 5.11 Å². The van der Waals surface area contributed by atoms with Crippen LogP contribution < -0.4 is 0 Å². The third-order valence-corrected chi connectivity index (χ3v) is 2.35. The maximum absolute atomic E-state index is 13.0. The fourth-order valence-electron chi connectivity index (χ4n) is 0.837. The van der Waals surface area contributed by atoms with Gasteiger partial charge in [-0.25, -0.2) is 4.39 Å². The monoisotopic (exact) mass is 266 g/mol. The van der Waals surface area contributed by atoms with Gasteiger partial charge in [-0.05, 0) is 28.1 Å². The molecule has 0 aliphatic carbocycles. The van der Waals surface area contributed by atoms with Gasteiger partial charge in [-0.15, -0.1) is 11.6 Å². The lowest BCUT2D eigenvalue weighted by Crippen LogP contribution is -2.01. The van der Waals surface area contributed by atoms with E-state index in [1.165, 1.54) is 12.1 Å². The van der Waals surface area contributed by atoms with Gasteiger partial charge in [0.15, 0.2) is 17.3 Å². The summed E-state index contributed by atoms with van der Waals surface area (Å²) in [6.07, 6.45) is 0. The second-order valence-electron chi connectivity index (χ2n) is 2.31. The van der Waals surface area contributed by atoms with Gasteiger partial charge in [0.2, 0.25) is 0 Å². The summed E-state index contributed by atoms with van der Waals surface area (Å²) in [7, 11) is 0. The first kappa shape index (κ1) is 10.5. The first-order valence-corrected chi connectivity index (χ1v) is 4.66. The lowest BCUT2D eigenvalue weighted by Gasteiger charge is -2.03. The van der Waals surface area contributed by atoms with Crippen molar-refractivity contribution in [2.75, 3.05) is 5.88 Å². The summed E-state index contributed by atoms with van der Waals surface area (Å²) in [6.45, 7) is 0. The number of phenolic OH excluding ortho intramolecular Hbond substituents is 1. The Hall–Kier alpha value is -0.610. The van der Waals surface area contributed by atoms with Crippen molar-refractivity contribution in [1.82, 2.24) is 0 Å². The third-order valence-electron chi connectivity index (χ3n) is 1.49. The molecule has 0 saturated heterocycles. The summed E-state index contributed by atoms with van der Waals surface area (Å²) in [6, 6.07) is 2.65. The second-order valence-corrected chi connectivity index (χ2v) is 3.44. The normalized spacial score (nSPS) is 10.1. The van der Waals surface area contributed by atoms with E-state index in [0.29, 0.717) is 0 Å². The molecule has 5 heteroatoms. The Morgan fingerprint density at radius 2 is 2.23 bits per heavy atom. The zero-order valence-electron chi connectivity index (χ0n) is 6.35. The largest absolute Gasteiger partial charge is 0.504 e. The number of phenols is 1. The quantitative estimate of drug-likeness (QED) is 0.661. The third kappa shape index (κ3) is 2.00. The Labute approximate surface area is 87.5 Å². The van der Waals surface area contributed by atoms with Gasteiger partial charge in [0, 0.05) is 0 Å². The average Bonchev–Trinajstić information content (AvgIpc) is 2.13. The van der Waals surface area contributed by atoms with E-state index in [9.17, 15) is 14.3 Å². The van der Waals surface area contributed by atoms with E-state index >= 15 is 0 Å². The first-order valence-electron chi connectivity index (χ1n) is 3.34. The van der Waals surface area contributed by atoms with Crippen molar-refractivity contribution >= 4 is 33.3 Å². The van der Waals surface area contributed by atoms with Gasteiger partial charge in [0.25, 0.3) is 0 Å². The molecule has 70 valence electrons. The molecule has 13 heavy (non-hydrogen) atoms. The molecular weight excluding hydrogens is 262 g/mol. The molecule has 0 radical (unpaired) electrons. The molecule has 0 fully saturated rings. The van der Waals surface area contributed by atoms with Crippen molar-refractivity contribution in [2.24, 2.45) is 0 Å². The molecule has 0 atom stereocenters. The molecule has 1 N–H and O–H groups in total. The van der Waals surface area contributed by atoms with E-state index < -0.39 is 17.3 Å². The minimum atomic E-state index is -0.851. The summed E-state index contributed by atoms with van der Waals surface area (Å²) in [5.41, 5.74) is -0.101. The van der Waals surface area contributed by atoms with E-state index in [-0.39, 0.29) is 15.9 Å². The highest BCUT2D eigenvalue weighted by Crippen LogP contribution is 2.28. The van der Waals surface area contributed by atoms with Crippen LogP contribution in [0.3, 0.4) is 0 Å². The van der Waals surface area contributed by atoms with Crippen LogP contribution in [0, 0.1) is 5.82 Å². The van der Waals surface area contributed by atoms with Crippen molar-refractivity contribution < 1.29 is 14.3 Å². The number of Topliss-reactive ketones (excluding diaryl/α,β-unsaturated/α-hetero) is 1. The molecule has 0 saturated carbocycles. The lowest BCUT2D eigenvalue weighted by atomic mass is 10.1. The molecule has 2 nitrogen and oxygen atoms in total. The van der Waals surface area contributed by atoms with Crippen LogP contribution >= 0.6 is 27.5 Å². The molecule has 0 aromatic heterocycles. The SMILES string of the molecule is O=C(CCl)c1ccc(Br)c(F)c1O. The predicted molar refractivity (Wildman–Crippen MR) is 50.8 cm³/mol. The summed E-state index contributed by atoms with van der Waals surface area (Å²) in [5.74, 6) is -2.31. The number of halogens is 3. The van der Waals surface area contributed by atoms with E-state index in [2.05, 4.69) is 15.9 Å². The van der Waals surface area contributed by atoms with Gasteiger partial charge in [0.1, 0.15) is 0 Å². The Morgan fingerprint density at radius 1 is 1.62 bits per heavy atom. The van der Waals surface area contributed by atoms with Crippen LogP contribution in [-0.4, -0.2) is 16.8 Å². The van der Waals surface area contributed by atoms with E-state index in [1.807, 2.05) is 0 Å². The highest BCUT2D eigenvalue weighted by molar-refractivity contribution is 9.10. The highest BCUT2D eigenvalue weighted by atomic mass is 79.9. The van der Waals surface area contributed by atoms with Crippen molar-refractivity contribution in [3.05, 3.63) is 28.0 Å². The minimum Gasteiger partial charge on any atom is -0.504 e. The number of hydrogen-bond acceptors (Lipinski definition) is 2. The lowest BCUT2D eigenvalue weighted by molar-refractivity contribution is 0.101. The van der Waals surface area contributed by atoms with Crippen LogP contribution in [0.2, 0.25) is 0 Å².